The van der Waals surface area contributed by atoms with Crippen molar-refractivity contribution >= 4 is 12.4 Å². The lowest BCUT2D eigenvalue weighted by molar-refractivity contribution is 0.0586. The predicted molar refractivity (Wildman–Crippen MR) is 119 cm³/mol. The average molecular weight is 391 g/mol. The van der Waals surface area contributed by atoms with E-state index in [1.54, 1.807) is 0 Å². The van der Waals surface area contributed by atoms with Gasteiger partial charge in [-0.2, -0.15) is 0 Å². The molecule has 5 heteroatoms. The summed E-state index contributed by atoms with van der Waals surface area (Å²) in [6, 6.07) is 1.28. The first-order valence-electron chi connectivity index (χ1n) is 11.9. The number of nitrogens with zero attached hydrogens (tertiary/aromatic N) is 2. The molecule has 0 spiro atoms. The maximum atomic E-state index is 10.8. The highest BCUT2D eigenvalue weighted by atomic mass is 16.3. The molecule has 0 aromatic carbocycles. The largest absolute Gasteiger partial charge is 0.392 e. The third-order valence-electron chi connectivity index (χ3n) is 6.86. The van der Waals surface area contributed by atoms with Gasteiger partial charge in [0.25, 0.3) is 0 Å². The summed E-state index contributed by atoms with van der Waals surface area (Å²) in [6.07, 6.45) is 16.0. The van der Waals surface area contributed by atoms with Gasteiger partial charge in [-0.15, -0.1) is 0 Å². The van der Waals surface area contributed by atoms with Gasteiger partial charge >= 0.3 is 0 Å². The maximum absolute atomic E-state index is 10.8. The Morgan fingerprint density at radius 1 is 0.821 bits per heavy atom. The molecule has 2 aliphatic heterocycles. The Bertz CT molecular complexity index is 441. The van der Waals surface area contributed by atoms with E-state index >= 15 is 0 Å². The molecule has 3 rings (SSSR count). The van der Waals surface area contributed by atoms with Crippen LogP contribution in [-0.4, -0.2) is 61.9 Å². The van der Waals surface area contributed by atoms with Crippen LogP contribution in [0.4, 0.5) is 0 Å². The number of hydrogen-bond donors (Lipinski definition) is 3. The Morgan fingerprint density at radius 3 is 1.75 bits per heavy atom. The highest BCUT2D eigenvalue weighted by Gasteiger charge is 2.33. The van der Waals surface area contributed by atoms with E-state index in [-0.39, 0.29) is 17.9 Å². The highest BCUT2D eigenvalue weighted by molar-refractivity contribution is 5.67. The minimum atomic E-state index is -0.329. The second-order valence-electron chi connectivity index (χ2n) is 9.38. The van der Waals surface area contributed by atoms with Gasteiger partial charge in [-0.1, -0.05) is 19.8 Å². The van der Waals surface area contributed by atoms with E-state index in [0.717, 1.165) is 51.9 Å². The lowest BCUT2D eigenvalue weighted by Crippen LogP contribution is -2.38. The first-order valence-corrected chi connectivity index (χ1v) is 11.9. The molecule has 160 valence electrons. The zero-order chi connectivity index (χ0) is 19.6. The van der Waals surface area contributed by atoms with Crippen molar-refractivity contribution in [3.8, 4) is 0 Å². The molecule has 3 fully saturated rings. The normalized spacial score (nSPS) is 37.6. The van der Waals surface area contributed by atoms with Crippen molar-refractivity contribution in [1.82, 2.24) is 10.6 Å². The fourth-order valence-electron chi connectivity index (χ4n) is 5.14. The highest BCUT2D eigenvalue weighted by Crippen LogP contribution is 2.32. The summed E-state index contributed by atoms with van der Waals surface area (Å²) in [7, 11) is 0. The van der Waals surface area contributed by atoms with Gasteiger partial charge in [0.15, 0.2) is 0 Å². The zero-order valence-corrected chi connectivity index (χ0v) is 17.9. The van der Waals surface area contributed by atoms with E-state index in [1.165, 1.54) is 38.5 Å². The molecule has 4 unspecified atom stereocenters. The van der Waals surface area contributed by atoms with Crippen molar-refractivity contribution in [2.24, 2.45) is 27.7 Å². The minimum Gasteiger partial charge on any atom is -0.392 e. The summed E-state index contributed by atoms with van der Waals surface area (Å²) in [6.45, 7) is 6.37. The standard InChI is InChI=1S/C23H42N4O/c1-18-14-19(16-24-12-8-21-6-2-4-10-26-21)23(28)20(15-18)17-25-13-9-22-7-3-5-11-27-22/h16-23,26-28H,2-15H2,1H3. The van der Waals surface area contributed by atoms with Gasteiger partial charge in [0, 0.05) is 49.4 Å². The molecule has 0 aromatic heterocycles. The molecule has 1 saturated carbocycles. The number of hydrogen-bond acceptors (Lipinski definition) is 5. The van der Waals surface area contributed by atoms with Crippen molar-refractivity contribution in [2.75, 3.05) is 26.2 Å². The van der Waals surface area contributed by atoms with Crippen LogP contribution in [0, 0.1) is 17.8 Å². The van der Waals surface area contributed by atoms with Crippen molar-refractivity contribution in [3.05, 3.63) is 0 Å². The van der Waals surface area contributed by atoms with Crippen molar-refractivity contribution in [1.29, 1.82) is 0 Å². The Labute approximate surface area is 171 Å². The molecule has 28 heavy (non-hydrogen) atoms. The van der Waals surface area contributed by atoms with Crippen LogP contribution in [0.3, 0.4) is 0 Å². The molecule has 2 saturated heterocycles. The van der Waals surface area contributed by atoms with Crippen LogP contribution >= 0.6 is 0 Å². The number of rotatable bonds is 8. The average Bonchev–Trinajstić information content (AvgIpc) is 2.73. The summed E-state index contributed by atoms with van der Waals surface area (Å²) in [5.74, 6) is 0.982. The van der Waals surface area contributed by atoms with E-state index in [1.807, 2.05) is 0 Å². The molecular weight excluding hydrogens is 348 g/mol. The molecule has 3 N–H and O–H groups in total. The molecule has 0 radical (unpaired) electrons. The van der Waals surface area contributed by atoms with Gasteiger partial charge in [0.05, 0.1) is 6.10 Å². The van der Waals surface area contributed by atoms with Crippen LogP contribution < -0.4 is 10.6 Å². The Hall–Kier alpha value is -0.780. The van der Waals surface area contributed by atoms with Crippen LogP contribution in [0.2, 0.25) is 0 Å². The summed E-state index contributed by atoms with van der Waals surface area (Å²) < 4.78 is 0. The second-order valence-corrected chi connectivity index (χ2v) is 9.38. The fourth-order valence-corrected chi connectivity index (χ4v) is 5.14. The SMILES string of the molecule is CC1CC(C=NCCC2CCCCN2)C(O)C(C=NCCC2CCCCN2)C1. The first kappa shape index (κ1) is 21.9. The molecule has 1 aliphatic carbocycles. The van der Waals surface area contributed by atoms with Gasteiger partial charge in [0.1, 0.15) is 0 Å². The van der Waals surface area contributed by atoms with Crippen LogP contribution in [0.5, 0.6) is 0 Å². The van der Waals surface area contributed by atoms with Crippen LogP contribution in [0.15, 0.2) is 9.98 Å². The van der Waals surface area contributed by atoms with Crippen LogP contribution in [0.25, 0.3) is 0 Å². The number of piperidine rings is 2. The van der Waals surface area contributed by atoms with Gasteiger partial charge in [-0.3, -0.25) is 9.98 Å². The van der Waals surface area contributed by atoms with E-state index in [4.69, 9.17) is 0 Å². The van der Waals surface area contributed by atoms with E-state index in [9.17, 15) is 5.11 Å². The van der Waals surface area contributed by atoms with Crippen molar-refractivity contribution < 1.29 is 5.11 Å². The molecule has 2 heterocycles. The first-order chi connectivity index (χ1) is 13.7. The van der Waals surface area contributed by atoms with Crippen LogP contribution in [-0.2, 0) is 0 Å². The van der Waals surface area contributed by atoms with Gasteiger partial charge in [-0.25, -0.2) is 0 Å². The molecular formula is C23H42N4O. The number of aliphatic imine (C=N–C) groups is 2. The van der Waals surface area contributed by atoms with E-state index in [0.29, 0.717) is 18.0 Å². The molecule has 0 amide bonds. The number of nitrogens with one attached hydrogen (secondary N) is 2. The third kappa shape index (κ3) is 7.23. The van der Waals surface area contributed by atoms with Gasteiger partial charge in [0.2, 0.25) is 0 Å². The number of aliphatic hydroxyl groups is 1. The topological polar surface area (TPSA) is 69.0 Å². The summed E-state index contributed by atoms with van der Waals surface area (Å²) >= 11 is 0. The van der Waals surface area contributed by atoms with Crippen LogP contribution in [0.1, 0.15) is 71.1 Å². The monoisotopic (exact) mass is 390 g/mol. The second kappa shape index (κ2) is 12.0. The predicted octanol–water partition coefficient (Wildman–Crippen LogP) is 3.22. The van der Waals surface area contributed by atoms with E-state index < -0.39 is 0 Å². The molecule has 0 bridgehead atoms. The lowest BCUT2D eigenvalue weighted by Gasteiger charge is -2.34. The third-order valence-corrected chi connectivity index (χ3v) is 6.86. The molecule has 3 aliphatic rings. The zero-order valence-electron chi connectivity index (χ0n) is 17.9. The maximum Gasteiger partial charge on any atom is 0.0695 e. The minimum absolute atomic E-state index is 0.180. The molecule has 0 aromatic rings. The smallest absolute Gasteiger partial charge is 0.0695 e. The quantitative estimate of drug-likeness (QED) is 0.558. The number of aliphatic hydroxyl groups excluding tert-OH is 1. The van der Waals surface area contributed by atoms with Crippen molar-refractivity contribution in [3.63, 3.8) is 0 Å². The summed E-state index contributed by atoms with van der Waals surface area (Å²) in [5.41, 5.74) is 0. The fraction of sp³-hybridized carbons (Fsp3) is 0.913. The van der Waals surface area contributed by atoms with Gasteiger partial charge in [-0.05, 0) is 70.4 Å². The Balaban J connectivity index is 1.40. The molecule has 4 atom stereocenters. The van der Waals surface area contributed by atoms with Crippen molar-refractivity contribution in [2.45, 2.75) is 89.3 Å². The Kier molecular flexibility index (Phi) is 9.42. The summed E-state index contributed by atoms with van der Waals surface area (Å²) in [5, 5.41) is 18.0. The Morgan fingerprint density at radius 2 is 1.32 bits per heavy atom. The molecule has 5 nitrogen and oxygen atoms in total. The lowest BCUT2D eigenvalue weighted by atomic mass is 9.74. The van der Waals surface area contributed by atoms with E-state index in [2.05, 4.69) is 40.0 Å². The summed E-state index contributed by atoms with van der Waals surface area (Å²) in [4.78, 5) is 9.38. The van der Waals surface area contributed by atoms with Gasteiger partial charge < -0.3 is 15.7 Å².